The van der Waals surface area contributed by atoms with Crippen LogP contribution in [0.15, 0.2) is 12.1 Å². The van der Waals surface area contributed by atoms with Crippen LogP contribution in [0.2, 0.25) is 0 Å². The monoisotopic (exact) mass is 249 g/mol. The molecule has 1 aromatic heterocycles. The minimum Gasteiger partial charge on any atom is -0.343 e. The van der Waals surface area contributed by atoms with Crippen molar-refractivity contribution in [1.29, 1.82) is 0 Å². The van der Waals surface area contributed by atoms with E-state index < -0.39 is 0 Å². The number of anilines is 1. The number of carbonyl (C=O) groups excluding carboxylic acids is 1. The molecule has 0 saturated carbocycles. The van der Waals surface area contributed by atoms with E-state index in [1.165, 1.54) is 24.2 Å². The summed E-state index contributed by atoms with van der Waals surface area (Å²) in [4.78, 5) is 13.1. The van der Waals surface area contributed by atoms with Gasteiger partial charge in [-0.15, -0.1) is 10.2 Å². The van der Waals surface area contributed by atoms with Crippen LogP contribution in [0.3, 0.4) is 0 Å². The molecule has 1 saturated heterocycles. The first kappa shape index (κ1) is 12.8. The predicted octanol–water partition coefficient (Wildman–Crippen LogP) is 0.991. The zero-order valence-corrected chi connectivity index (χ0v) is 10.9. The molecule has 2 rings (SSSR count). The van der Waals surface area contributed by atoms with Gasteiger partial charge in [0.15, 0.2) is 11.5 Å². The fourth-order valence-corrected chi connectivity index (χ4v) is 1.90. The Balaban J connectivity index is 1.96. The van der Waals surface area contributed by atoms with E-state index in [4.69, 9.17) is 0 Å². The van der Waals surface area contributed by atoms with Crippen LogP contribution in [0.25, 0.3) is 0 Å². The molecule has 1 fully saturated rings. The molecule has 18 heavy (non-hydrogen) atoms. The summed E-state index contributed by atoms with van der Waals surface area (Å²) in [6.45, 7) is 2.06. The molecule has 0 bridgehead atoms. The Kier molecular flexibility index (Phi) is 4.09. The van der Waals surface area contributed by atoms with Gasteiger partial charge in [-0.3, -0.25) is 4.79 Å². The Labute approximate surface area is 107 Å². The molecule has 0 unspecified atom stereocenters. The maximum atomic E-state index is 11.6. The smallest absolute Gasteiger partial charge is 0.273 e. The maximum absolute atomic E-state index is 11.6. The first-order valence-corrected chi connectivity index (χ1v) is 6.24. The topological polar surface area (TPSA) is 61.4 Å². The second kappa shape index (κ2) is 5.77. The lowest BCUT2D eigenvalue weighted by atomic mass is 10.2. The standard InChI is InChI=1S/C12H19N5O/c1-16(2)12(18)10-6-7-11(14-13-10)15-17-8-4-3-5-9-17/h6-7H,3-5,8-9H2,1-2H3,(H,14,15). The number of rotatable bonds is 3. The van der Waals surface area contributed by atoms with Gasteiger partial charge in [0.2, 0.25) is 0 Å². The summed E-state index contributed by atoms with van der Waals surface area (Å²) in [6, 6.07) is 3.49. The SMILES string of the molecule is CN(C)C(=O)c1ccc(NN2CCCCC2)nn1. The van der Waals surface area contributed by atoms with Crippen LogP contribution in [0.1, 0.15) is 29.8 Å². The van der Waals surface area contributed by atoms with Crippen molar-refractivity contribution in [3.8, 4) is 0 Å². The van der Waals surface area contributed by atoms with Gasteiger partial charge in [-0.05, 0) is 25.0 Å². The Morgan fingerprint density at radius 2 is 1.94 bits per heavy atom. The number of hydrogen-bond donors (Lipinski definition) is 1. The van der Waals surface area contributed by atoms with Crippen molar-refractivity contribution in [2.75, 3.05) is 32.6 Å². The quantitative estimate of drug-likeness (QED) is 0.865. The zero-order chi connectivity index (χ0) is 13.0. The minimum absolute atomic E-state index is 0.132. The highest BCUT2D eigenvalue weighted by Gasteiger charge is 2.12. The third-order valence-electron chi connectivity index (χ3n) is 2.92. The van der Waals surface area contributed by atoms with E-state index in [0.29, 0.717) is 11.5 Å². The molecule has 0 spiro atoms. The second-order valence-corrected chi connectivity index (χ2v) is 4.66. The fraction of sp³-hybridized carbons (Fsp3) is 0.583. The third-order valence-corrected chi connectivity index (χ3v) is 2.92. The van der Waals surface area contributed by atoms with Crippen molar-refractivity contribution in [1.82, 2.24) is 20.1 Å². The molecule has 0 atom stereocenters. The van der Waals surface area contributed by atoms with Crippen LogP contribution in [0.4, 0.5) is 5.82 Å². The molecule has 6 nitrogen and oxygen atoms in total. The summed E-state index contributed by atoms with van der Waals surface area (Å²) in [5.74, 6) is 0.555. The molecule has 1 aliphatic heterocycles. The van der Waals surface area contributed by atoms with Gasteiger partial charge in [0.25, 0.3) is 5.91 Å². The average Bonchev–Trinajstić information content (AvgIpc) is 2.40. The van der Waals surface area contributed by atoms with Crippen LogP contribution < -0.4 is 5.43 Å². The zero-order valence-electron chi connectivity index (χ0n) is 10.9. The Bertz CT molecular complexity index is 397. The van der Waals surface area contributed by atoms with E-state index in [0.717, 1.165) is 13.1 Å². The molecule has 1 N–H and O–H groups in total. The molecule has 0 radical (unpaired) electrons. The van der Waals surface area contributed by atoms with E-state index in [1.54, 1.807) is 26.2 Å². The van der Waals surface area contributed by atoms with Gasteiger partial charge in [-0.2, -0.15) is 0 Å². The van der Waals surface area contributed by atoms with Gasteiger partial charge in [-0.1, -0.05) is 6.42 Å². The van der Waals surface area contributed by atoms with E-state index in [2.05, 4.69) is 20.6 Å². The fourth-order valence-electron chi connectivity index (χ4n) is 1.90. The van der Waals surface area contributed by atoms with Gasteiger partial charge in [-0.25, -0.2) is 5.01 Å². The minimum atomic E-state index is -0.132. The number of amides is 1. The Hall–Kier alpha value is -1.69. The van der Waals surface area contributed by atoms with Crippen LogP contribution in [0, 0.1) is 0 Å². The summed E-state index contributed by atoms with van der Waals surface area (Å²) in [5, 5.41) is 10.1. The van der Waals surface area contributed by atoms with Crippen LogP contribution >= 0.6 is 0 Å². The molecule has 0 aromatic carbocycles. The van der Waals surface area contributed by atoms with E-state index in [1.807, 2.05) is 0 Å². The molecule has 2 heterocycles. The van der Waals surface area contributed by atoms with Crippen molar-refractivity contribution in [2.24, 2.45) is 0 Å². The van der Waals surface area contributed by atoms with Gasteiger partial charge < -0.3 is 10.3 Å². The average molecular weight is 249 g/mol. The van der Waals surface area contributed by atoms with Crippen molar-refractivity contribution in [3.05, 3.63) is 17.8 Å². The summed E-state index contributed by atoms with van der Waals surface area (Å²) in [7, 11) is 3.40. The van der Waals surface area contributed by atoms with Crippen LogP contribution in [0.5, 0.6) is 0 Å². The highest BCUT2D eigenvalue weighted by molar-refractivity contribution is 5.91. The highest BCUT2D eigenvalue weighted by atomic mass is 16.2. The lowest BCUT2D eigenvalue weighted by molar-refractivity contribution is 0.0821. The third kappa shape index (κ3) is 3.16. The lowest BCUT2D eigenvalue weighted by Crippen LogP contribution is -2.35. The highest BCUT2D eigenvalue weighted by Crippen LogP contribution is 2.11. The molecule has 98 valence electrons. The van der Waals surface area contributed by atoms with Crippen molar-refractivity contribution in [3.63, 3.8) is 0 Å². The first-order valence-electron chi connectivity index (χ1n) is 6.24. The van der Waals surface area contributed by atoms with Gasteiger partial charge in [0.1, 0.15) is 0 Å². The molecule has 1 amide bonds. The maximum Gasteiger partial charge on any atom is 0.273 e. The van der Waals surface area contributed by atoms with Crippen LogP contribution in [-0.4, -0.2) is 53.2 Å². The Morgan fingerprint density at radius 3 is 2.50 bits per heavy atom. The summed E-state index contributed by atoms with van der Waals surface area (Å²) in [5.41, 5.74) is 3.58. The van der Waals surface area contributed by atoms with Gasteiger partial charge >= 0.3 is 0 Å². The number of hydrazine groups is 1. The number of nitrogens with zero attached hydrogens (tertiary/aromatic N) is 4. The van der Waals surface area contributed by atoms with Crippen LogP contribution in [-0.2, 0) is 0 Å². The number of aromatic nitrogens is 2. The predicted molar refractivity (Wildman–Crippen MR) is 69.1 cm³/mol. The van der Waals surface area contributed by atoms with Crippen molar-refractivity contribution >= 4 is 11.7 Å². The second-order valence-electron chi connectivity index (χ2n) is 4.66. The van der Waals surface area contributed by atoms with E-state index in [9.17, 15) is 4.79 Å². The lowest BCUT2D eigenvalue weighted by Gasteiger charge is -2.27. The molecule has 0 aliphatic carbocycles. The summed E-state index contributed by atoms with van der Waals surface area (Å²) < 4.78 is 0. The summed E-state index contributed by atoms with van der Waals surface area (Å²) in [6.07, 6.45) is 3.70. The van der Waals surface area contributed by atoms with Crippen molar-refractivity contribution < 1.29 is 4.79 Å². The largest absolute Gasteiger partial charge is 0.343 e. The number of carbonyl (C=O) groups is 1. The summed E-state index contributed by atoms with van der Waals surface area (Å²) >= 11 is 0. The molecular weight excluding hydrogens is 230 g/mol. The molecule has 1 aromatic rings. The molecular formula is C12H19N5O. The van der Waals surface area contributed by atoms with E-state index in [-0.39, 0.29) is 5.91 Å². The number of hydrogen-bond acceptors (Lipinski definition) is 5. The molecule has 1 aliphatic rings. The van der Waals surface area contributed by atoms with Crippen molar-refractivity contribution in [2.45, 2.75) is 19.3 Å². The van der Waals surface area contributed by atoms with E-state index >= 15 is 0 Å². The normalized spacial score (nSPS) is 16.3. The molecule has 6 heteroatoms. The number of piperidine rings is 1. The Morgan fingerprint density at radius 1 is 1.22 bits per heavy atom. The van der Waals surface area contributed by atoms with Gasteiger partial charge in [0, 0.05) is 27.2 Å². The first-order chi connectivity index (χ1) is 8.66. The number of nitrogens with one attached hydrogen (secondary N) is 1. The van der Waals surface area contributed by atoms with Gasteiger partial charge in [0.05, 0.1) is 0 Å².